The molecule has 164 valence electrons. The molecule has 0 aliphatic carbocycles. The topological polar surface area (TPSA) is 75.7 Å². The van der Waals surface area contributed by atoms with E-state index in [1.165, 1.54) is 5.56 Å². The smallest absolute Gasteiger partial charge is 0.311 e. The Labute approximate surface area is 183 Å². The van der Waals surface area contributed by atoms with E-state index in [4.69, 9.17) is 4.74 Å². The first-order chi connectivity index (χ1) is 14.8. The van der Waals surface area contributed by atoms with Crippen LogP contribution in [0.2, 0.25) is 0 Å². The maximum Gasteiger partial charge on any atom is 0.311 e. The highest BCUT2D eigenvalue weighted by Crippen LogP contribution is 2.29. The highest BCUT2D eigenvalue weighted by Gasteiger charge is 2.36. The van der Waals surface area contributed by atoms with E-state index in [0.717, 1.165) is 22.4 Å². The van der Waals surface area contributed by atoms with Crippen LogP contribution in [0.5, 0.6) is 0 Å². The molecule has 1 fully saturated rings. The van der Waals surface area contributed by atoms with Crippen molar-refractivity contribution in [3.63, 3.8) is 0 Å². The maximum absolute atomic E-state index is 12.4. The maximum atomic E-state index is 12.4. The number of anilines is 1. The number of carbonyl (C=O) groups is 3. The molecule has 1 heterocycles. The molecule has 0 spiro atoms. The van der Waals surface area contributed by atoms with Crippen LogP contribution < -0.4 is 10.2 Å². The van der Waals surface area contributed by atoms with Gasteiger partial charge in [0.2, 0.25) is 11.8 Å². The fourth-order valence-corrected chi connectivity index (χ4v) is 3.69. The lowest BCUT2D eigenvalue weighted by molar-refractivity contribution is -0.148. The van der Waals surface area contributed by atoms with Crippen LogP contribution in [0.4, 0.5) is 5.69 Å². The number of amides is 2. The second-order valence-electron chi connectivity index (χ2n) is 8.13. The molecule has 0 radical (unpaired) electrons. The Hall–Kier alpha value is -3.15. The van der Waals surface area contributed by atoms with Crippen LogP contribution in [-0.4, -0.2) is 37.5 Å². The standard InChI is InChI=1S/C25H30N2O4/c1-17-7-9-20(10-8-17)11-12-23(28)26-13-14-31-25(30)21-15-24(29)27(16-21)22-6-4-5-18(2)19(22)3/h4-10,21H,11-16H2,1-3H3,(H,26,28). The normalized spacial score (nSPS) is 15.8. The first kappa shape index (κ1) is 22.5. The summed E-state index contributed by atoms with van der Waals surface area (Å²) in [5.74, 6) is -1.02. The van der Waals surface area contributed by atoms with Gasteiger partial charge in [-0.3, -0.25) is 14.4 Å². The van der Waals surface area contributed by atoms with Crippen LogP contribution in [0.3, 0.4) is 0 Å². The fourth-order valence-electron chi connectivity index (χ4n) is 3.69. The van der Waals surface area contributed by atoms with Gasteiger partial charge in [0.25, 0.3) is 0 Å². The monoisotopic (exact) mass is 422 g/mol. The van der Waals surface area contributed by atoms with Crippen molar-refractivity contribution in [1.82, 2.24) is 5.32 Å². The molecule has 1 aliphatic rings. The zero-order chi connectivity index (χ0) is 22.4. The van der Waals surface area contributed by atoms with Gasteiger partial charge in [0.1, 0.15) is 6.61 Å². The number of carbonyl (C=O) groups excluding carboxylic acids is 3. The van der Waals surface area contributed by atoms with Crippen molar-refractivity contribution in [2.24, 2.45) is 5.92 Å². The molecule has 1 unspecified atom stereocenters. The van der Waals surface area contributed by atoms with Crippen molar-refractivity contribution < 1.29 is 19.1 Å². The van der Waals surface area contributed by atoms with E-state index in [1.807, 2.05) is 63.2 Å². The highest BCUT2D eigenvalue weighted by molar-refractivity contribution is 6.00. The second kappa shape index (κ2) is 10.2. The number of nitrogens with zero attached hydrogens (tertiary/aromatic N) is 1. The van der Waals surface area contributed by atoms with E-state index in [-0.39, 0.29) is 31.4 Å². The van der Waals surface area contributed by atoms with Crippen molar-refractivity contribution >= 4 is 23.5 Å². The number of hydrogen-bond donors (Lipinski definition) is 1. The van der Waals surface area contributed by atoms with Gasteiger partial charge < -0.3 is 15.0 Å². The Morgan fingerprint density at radius 3 is 2.58 bits per heavy atom. The summed E-state index contributed by atoms with van der Waals surface area (Å²) in [6.45, 7) is 6.69. The molecule has 1 N–H and O–H groups in total. The molecule has 0 bridgehead atoms. The molecule has 6 nitrogen and oxygen atoms in total. The van der Waals surface area contributed by atoms with Gasteiger partial charge in [-0.25, -0.2) is 0 Å². The zero-order valence-corrected chi connectivity index (χ0v) is 18.4. The molecule has 3 rings (SSSR count). The molecule has 1 aliphatic heterocycles. The quantitative estimate of drug-likeness (QED) is 0.523. The molecule has 0 aromatic heterocycles. The van der Waals surface area contributed by atoms with Crippen LogP contribution in [0.25, 0.3) is 0 Å². The minimum absolute atomic E-state index is 0.0694. The molecule has 0 saturated carbocycles. The summed E-state index contributed by atoms with van der Waals surface area (Å²) >= 11 is 0. The van der Waals surface area contributed by atoms with E-state index < -0.39 is 11.9 Å². The summed E-state index contributed by atoms with van der Waals surface area (Å²) in [5, 5.41) is 2.77. The lowest BCUT2D eigenvalue weighted by Crippen LogP contribution is -2.30. The predicted octanol–water partition coefficient (Wildman–Crippen LogP) is 3.26. The molecule has 2 amide bonds. The van der Waals surface area contributed by atoms with Crippen molar-refractivity contribution in [3.8, 4) is 0 Å². The number of rotatable bonds is 8. The van der Waals surface area contributed by atoms with E-state index in [9.17, 15) is 14.4 Å². The van der Waals surface area contributed by atoms with Gasteiger partial charge in [-0.2, -0.15) is 0 Å². The molecule has 2 aromatic carbocycles. The Morgan fingerprint density at radius 2 is 1.84 bits per heavy atom. The molecular weight excluding hydrogens is 392 g/mol. The van der Waals surface area contributed by atoms with Crippen LogP contribution >= 0.6 is 0 Å². The summed E-state index contributed by atoms with van der Waals surface area (Å²) in [7, 11) is 0. The Bertz CT molecular complexity index is 952. The lowest BCUT2D eigenvalue weighted by Gasteiger charge is -2.20. The third kappa shape index (κ3) is 5.94. The minimum Gasteiger partial charge on any atom is -0.464 e. The first-order valence-electron chi connectivity index (χ1n) is 10.7. The average molecular weight is 423 g/mol. The minimum atomic E-state index is -0.482. The Morgan fingerprint density at radius 1 is 1.10 bits per heavy atom. The van der Waals surface area contributed by atoms with Gasteiger partial charge in [0.15, 0.2) is 0 Å². The number of esters is 1. The van der Waals surface area contributed by atoms with Crippen molar-refractivity contribution in [1.29, 1.82) is 0 Å². The van der Waals surface area contributed by atoms with Gasteiger partial charge in [0, 0.05) is 25.1 Å². The first-order valence-corrected chi connectivity index (χ1v) is 10.7. The highest BCUT2D eigenvalue weighted by atomic mass is 16.5. The van der Waals surface area contributed by atoms with Crippen LogP contribution in [0.15, 0.2) is 42.5 Å². The van der Waals surface area contributed by atoms with Crippen molar-refractivity contribution in [2.45, 2.75) is 40.0 Å². The second-order valence-corrected chi connectivity index (χ2v) is 8.13. The third-order valence-corrected chi connectivity index (χ3v) is 5.76. The van der Waals surface area contributed by atoms with Crippen LogP contribution in [0, 0.1) is 26.7 Å². The fraction of sp³-hybridized carbons (Fsp3) is 0.400. The van der Waals surface area contributed by atoms with Gasteiger partial charge in [-0.15, -0.1) is 0 Å². The third-order valence-electron chi connectivity index (χ3n) is 5.76. The van der Waals surface area contributed by atoms with E-state index >= 15 is 0 Å². The zero-order valence-electron chi connectivity index (χ0n) is 18.4. The summed E-state index contributed by atoms with van der Waals surface area (Å²) < 4.78 is 5.31. The van der Waals surface area contributed by atoms with Crippen molar-refractivity contribution in [3.05, 3.63) is 64.7 Å². The number of benzene rings is 2. The summed E-state index contributed by atoms with van der Waals surface area (Å²) in [5.41, 5.74) is 5.30. The Balaban J connectivity index is 1.39. The molecule has 1 saturated heterocycles. The number of nitrogens with one attached hydrogen (secondary N) is 1. The number of ether oxygens (including phenoxy) is 1. The molecule has 31 heavy (non-hydrogen) atoms. The van der Waals surface area contributed by atoms with E-state index in [0.29, 0.717) is 19.4 Å². The van der Waals surface area contributed by atoms with E-state index in [2.05, 4.69) is 5.32 Å². The summed E-state index contributed by atoms with van der Waals surface area (Å²) in [6.07, 6.45) is 1.21. The number of aryl methyl sites for hydroxylation is 3. The molecule has 1 atom stereocenters. The van der Waals surface area contributed by atoms with Gasteiger partial charge in [-0.05, 0) is 49.9 Å². The Kier molecular flexibility index (Phi) is 7.45. The van der Waals surface area contributed by atoms with Crippen molar-refractivity contribution in [2.75, 3.05) is 24.6 Å². The molecular formula is C25H30N2O4. The molecule has 6 heteroatoms. The number of hydrogen-bond acceptors (Lipinski definition) is 4. The average Bonchev–Trinajstić information content (AvgIpc) is 3.14. The summed E-state index contributed by atoms with van der Waals surface area (Å²) in [4.78, 5) is 38.5. The van der Waals surface area contributed by atoms with Gasteiger partial charge in [-0.1, -0.05) is 42.0 Å². The van der Waals surface area contributed by atoms with Gasteiger partial charge >= 0.3 is 5.97 Å². The largest absolute Gasteiger partial charge is 0.464 e. The van der Waals surface area contributed by atoms with Crippen LogP contribution in [-0.2, 0) is 25.5 Å². The summed E-state index contributed by atoms with van der Waals surface area (Å²) in [6, 6.07) is 13.9. The molecule has 2 aromatic rings. The van der Waals surface area contributed by atoms with Gasteiger partial charge in [0.05, 0.1) is 12.5 Å². The lowest BCUT2D eigenvalue weighted by atomic mass is 10.1. The van der Waals surface area contributed by atoms with Crippen LogP contribution in [0.1, 0.15) is 35.1 Å². The predicted molar refractivity (Wildman–Crippen MR) is 120 cm³/mol. The van der Waals surface area contributed by atoms with E-state index in [1.54, 1.807) is 4.90 Å². The SMILES string of the molecule is Cc1ccc(CCC(=O)NCCOC(=O)C2CC(=O)N(c3cccc(C)c3C)C2)cc1.